The highest BCUT2D eigenvalue weighted by molar-refractivity contribution is 5.75. The van der Waals surface area contributed by atoms with Crippen LogP contribution in [0.3, 0.4) is 0 Å². The number of benzene rings is 1. The molecule has 1 unspecified atom stereocenters. The largest absolute Gasteiger partial charge is 0.493 e. The first-order valence-corrected chi connectivity index (χ1v) is 6.84. The number of hydrogen-bond acceptors (Lipinski definition) is 5. The van der Waals surface area contributed by atoms with Gasteiger partial charge in [-0.2, -0.15) is 0 Å². The Kier molecular flexibility index (Phi) is 6.87. The van der Waals surface area contributed by atoms with Gasteiger partial charge in [-0.05, 0) is 31.0 Å². The van der Waals surface area contributed by atoms with Gasteiger partial charge in [0, 0.05) is 6.42 Å². The van der Waals surface area contributed by atoms with Crippen molar-refractivity contribution in [2.24, 2.45) is 5.73 Å². The van der Waals surface area contributed by atoms with E-state index < -0.39 is 12.0 Å². The van der Waals surface area contributed by atoms with Crippen LogP contribution in [0.5, 0.6) is 11.5 Å². The Morgan fingerprint density at radius 1 is 1.30 bits per heavy atom. The van der Waals surface area contributed by atoms with Crippen molar-refractivity contribution in [3.8, 4) is 11.5 Å². The number of ether oxygens (including phenoxy) is 3. The molecule has 5 heteroatoms. The molecule has 0 radical (unpaired) electrons. The predicted octanol–water partition coefficient (Wildman–Crippen LogP) is 1.92. The summed E-state index contributed by atoms with van der Waals surface area (Å²) in [4.78, 5) is 11.4. The monoisotopic (exact) mass is 281 g/mol. The van der Waals surface area contributed by atoms with Crippen LogP contribution in [-0.4, -0.2) is 32.3 Å². The molecule has 0 fully saturated rings. The highest BCUT2D eigenvalue weighted by Gasteiger charge is 2.14. The van der Waals surface area contributed by atoms with Gasteiger partial charge in [-0.25, -0.2) is 0 Å². The van der Waals surface area contributed by atoms with Gasteiger partial charge < -0.3 is 19.9 Å². The molecule has 5 nitrogen and oxygen atoms in total. The minimum absolute atomic E-state index is 0.333. The molecule has 0 spiro atoms. The zero-order valence-electron chi connectivity index (χ0n) is 12.3. The summed E-state index contributed by atoms with van der Waals surface area (Å²) in [5.41, 5.74) is 6.88. The molecule has 0 aliphatic carbocycles. The number of carbonyl (C=O) groups excluding carboxylic acids is 1. The number of hydrogen-bond donors (Lipinski definition) is 1. The van der Waals surface area contributed by atoms with Crippen LogP contribution in [0, 0.1) is 0 Å². The Labute approximate surface area is 120 Å². The molecule has 0 heterocycles. The fourth-order valence-corrected chi connectivity index (χ4v) is 1.71. The van der Waals surface area contributed by atoms with Gasteiger partial charge in [0.2, 0.25) is 0 Å². The van der Waals surface area contributed by atoms with E-state index in [-0.39, 0.29) is 0 Å². The van der Waals surface area contributed by atoms with Crippen LogP contribution in [0.1, 0.15) is 25.8 Å². The molecule has 1 aromatic rings. The normalized spacial score (nSPS) is 11.8. The molecule has 20 heavy (non-hydrogen) atoms. The van der Waals surface area contributed by atoms with E-state index in [9.17, 15) is 4.79 Å². The lowest BCUT2D eigenvalue weighted by Crippen LogP contribution is -2.33. The third-order valence-corrected chi connectivity index (χ3v) is 2.91. The summed E-state index contributed by atoms with van der Waals surface area (Å²) >= 11 is 0. The van der Waals surface area contributed by atoms with Crippen molar-refractivity contribution >= 4 is 5.97 Å². The topological polar surface area (TPSA) is 70.8 Å². The highest BCUT2D eigenvalue weighted by Crippen LogP contribution is 2.28. The number of rotatable bonds is 8. The number of methoxy groups -OCH3 is 1. The van der Waals surface area contributed by atoms with Crippen LogP contribution in [0.25, 0.3) is 0 Å². The molecular formula is C15H23NO4. The molecular weight excluding hydrogens is 258 g/mol. The first-order chi connectivity index (χ1) is 9.62. The second kappa shape index (κ2) is 8.43. The highest BCUT2D eigenvalue weighted by atomic mass is 16.5. The van der Waals surface area contributed by atoms with Gasteiger partial charge in [0.15, 0.2) is 11.5 Å². The SMILES string of the molecule is CCOC(=O)C(N)CCOc1ccc(CC)cc1OC. The van der Waals surface area contributed by atoms with Crippen LogP contribution in [0.2, 0.25) is 0 Å². The van der Waals surface area contributed by atoms with Gasteiger partial charge >= 0.3 is 5.97 Å². The van der Waals surface area contributed by atoms with E-state index in [1.165, 1.54) is 5.56 Å². The van der Waals surface area contributed by atoms with Crippen LogP contribution in [0.4, 0.5) is 0 Å². The summed E-state index contributed by atoms with van der Waals surface area (Å²) in [5.74, 6) is 0.944. The van der Waals surface area contributed by atoms with E-state index in [1.54, 1.807) is 14.0 Å². The van der Waals surface area contributed by atoms with E-state index in [0.29, 0.717) is 31.1 Å². The van der Waals surface area contributed by atoms with E-state index >= 15 is 0 Å². The summed E-state index contributed by atoms with van der Waals surface area (Å²) in [6, 6.07) is 5.15. The molecule has 1 aromatic carbocycles. The lowest BCUT2D eigenvalue weighted by atomic mass is 10.1. The van der Waals surface area contributed by atoms with Gasteiger partial charge in [-0.15, -0.1) is 0 Å². The third kappa shape index (κ3) is 4.74. The van der Waals surface area contributed by atoms with Crippen LogP contribution in [-0.2, 0) is 16.0 Å². The van der Waals surface area contributed by atoms with Crippen molar-refractivity contribution in [1.29, 1.82) is 0 Å². The molecule has 0 aliphatic rings. The maximum atomic E-state index is 11.4. The van der Waals surface area contributed by atoms with Crippen LogP contribution in [0.15, 0.2) is 18.2 Å². The summed E-state index contributed by atoms with van der Waals surface area (Å²) < 4.78 is 15.7. The molecule has 0 bridgehead atoms. The number of esters is 1. The first kappa shape index (κ1) is 16.3. The minimum atomic E-state index is -0.657. The second-order valence-electron chi connectivity index (χ2n) is 4.33. The molecule has 0 saturated carbocycles. The summed E-state index contributed by atoms with van der Waals surface area (Å²) in [6.07, 6.45) is 1.34. The van der Waals surface area contributed by atoms with E-state index in [4.69, 9.17) is 19.9 Å². The van der Waals surface area contributed by atoms with E-state index in [0.717, 1.165) is 6.42 Å². The third-order valence-electron chi connectivity index (χ3n) is 2.91. The molecule has 0 aliphatic heterocycles. The number of carbonyl (C=O) groups is 1. The molecule has 2 N–H and O–H groups in total. The zero-order valence-corrected chi connectivity index (χ0v) is 12.3. The molecule has 0 aromatic heterocycles. The summed E-state index contributed by atoms with van der Waals surface area (Å²) in [7, 11) is 1.60. The Morgan fingerprint density at radius 2 is 2.05 bits per heavy atom. The van der Waals surface area contributed by atoms with Gasteiger partial charge in [0.1, 0.15) is 6.04 Å². The van der Waals surface area contributed by atoms with E-state index in [2.05, 4.69) is 6.92 Å². The van der Waals surface area contributed by atoms with Crippen molar-refractivity contribution in [2.75, 3.05) is 20.3 Å². The van der Waals surface area contributed by atoms with Crippen molar-refractivity contribution in [2.45, 2.75) is 32.7 Å². The fourth-order valence-electron chi connectivity index (χ4n) is 1.71. The predicted molar refractivity (Wildman–Crippen MR) is 77.1 cm³/mol. The molecule has 112 valence electrons. The first-order valence-electron chi connectivity index (χ1n) is 6.84. The van der Waals surface area contributed by atoms with Crippen LogP contribution < -0.4 is 15.2 Å². The van der Waals surface area contributed by atoms with Crippen molar-refractivity contribution in [3.05, 3.63) is 23.8 Å². The van der Waals surface area contributed by atoms with Crippen molar-refractivity contribution in [1.82, 2.24) is 0 Å². The molecule has 1 atom stereocenters. The maximum absolute atomic E-state index is 11.4. The summed E-state index contributed by atoms with van der Waals surface area (Å²) in [6.45, 7) is 4.50. The summed E-state index contributed by atoms with van der Waals surface area (Å²) in [5, 5.41) is 0. The smallest absolute Gasteiger partial charge is 0.323 e. The lowest BCUT2D eigenvalue weighted by Gasteiger charge is -2.14. The Morgan fingerprint density at radius 3 is 2.65 bits per heavy atom. The fraction of sp³-hybridized carbons (Fsp3) is 0.533. The minimum Gasteiger partial charge on any atom is -0.493 e. The van der Waals surface area contributed by atoms with Gasteiger partial charge in [-0.1, -0.05) is 13.0 Å². The zero-order chi connectivity index (χ0) is 15.0. The maximum Gasteiger partial charge on any atom is 0.323 e. The molecule has 1 rings (SSSR count). The Bertz CT molecular complexity index is 434. The lowest BCUT2D eigenvalue weighted by molar-refractivity contribution is -0.145. The standard InChI is InChI=1S/C15H23NO4/c1-4-11-6-7-13(14(10-11)18-3)20-9-8-12(16)15(17)19-5-2/h6-7,10,12H,4-5,8-9,16H2,1-3H3. The second-order valence-corrected chi connectivity index (χ2v) is 4.33. The average Bonchev–Trinajstić information content (AvgIpc) is 2.47. The molecule has 0 saturated heterocycles. The number of aryl methyl sites for hydroxylation is 1. The quantitative estimate of drug-likeness (QED) is 0.737. The van der Waals surface area contributed by atoms with Gasteiger partial charge in [0.05, 0.1) is 20.3 Å². The van der Waals surface area contributed by atoms with Crippen LogP contribution >= 0.6 is 0 Å². The van der Waals surface area contributed by atoms with Crippen molar-refractivity contribution < 1.29 is 19.0 Å². The van der Waals surface area contributed by atoms with Gasteiger partial charge in [-0.3, -0.25) is 4.79 Å². The number of nitrogens with two attached hydrogens (primary N) is 1. The molecule has 0 amide bonds. The van der Waals surface area contributed by atoms with E-state index in [1.807, 2.05) is 18.2 Å². The average molecular weight is 281 g/mol. The van der Waals surface area contributed by atoms with Gasteiger partial charge in [0.25, 0.3) is 0 Å². The Hall–Kier alpha value is -1.75. The Balaban J connectivity index is 2.51. The van der Waals surface area contributed by atoms with Crippen molar-refractivity contribution in [3.63, 3.8) is 0 Å².